The summed E-state index contributed by atoms with van der Waals surface area (Å²) in [4.78, 5) is 36.6. The third-order valence-corrected chi connectivity index (χ3v) is 4.47. The Balaban J connectivity index is 1.46. The summed E-state index contributed by atoms with van der Waals surface area (Å²) in [5.41, 5.74) is 2.06. The van der Waals surface area contributed by atoms with Crippen molar-refractivity contribution in [3.8, 4) is 5.75 Å². The van der Waals surface area contributed by atoms with E-state index in [1.165, 1.54) is 7.11 Å². The Morgan fingerprint density at radius 3 is 1.87 bits per heavy atom. The normalized spacial score (nSPS) is 10.1. The zero-order valence-electron chi connectivity index (χ0n) is 17.1. The number of hydrogen-bond acceptors (Lipinski definition) is 4. The highest BCUT2D eigenvalue weighted by atomic mass is 16.5. The molecule has 0 fully saturated rings. The molecule has 0 aromatic heterocycles. The fourth-order valence-electron chi connectivity index (χ4n) is 2.82. The Labute approximate surface area is 180 Å². The molecule has 0 unspecified atom stereocenters. The van der Waals surface area contributed by atoms with Crippen LogP contribution in [0, 0.1) is 0 Å². The maximum Gasteiger partial charge on any atom is 0.255 e. The van der Waals surface area contributed by atoms with Crippen LogP contribution in [-0.4, -0.2) is 37.9 Å². The molecule has 3 aromatic carbocycles. The number of carbonyl (C=O) groups is 3. The Bertz CT molecular complexity index is 1050. The molecular weight excluding hydrogens is 394 g/mol. The van der Waals surface area contributed by atoms with E-state index in [2.05, 4.69) is 16.0 Å². The quantitative estimate of drug-likeness (QED) is 0.491. The maximum atomic E-state index is 12.4. The van der Waals surface area contributed by atoms with Crippen LogP contribution in [0.1, 0.15) is 31.1 Å². The number of amides is 3. The minimum atomic E-state index is -0.273. The standard InChI is InChI=1S/C24H23N3O4/c1-31-21-9-5-8-19(16-21)24(30)27-20-12-10-18(11-13-20)23(29)26-15-14-25-22(28)17-6-3-2-4-7-17/h2-13,16H,14-15H2,1H3,(H,25,28)(H,26,29)(H,27,30). The molecule has 0 aliphatic carbocycles. The lowest BCUT2D eigenvalue weighted by molar-refractivity contribution is 0.0927. The molecule has 0 aliphatic rings. The Morgan fingerprint density at radius 1 is 0.677 bits per heavy atom. The third-order valence-electron chi connectivity index (χ3n) is 4.47. The van der Waals surface area contributed by atoms with E-state index < -0.39 is 0 Å². The average molecular weight is 417 g/mol. The first-order valence-electron chi connectivity index (χ1n) is 9.74. The number of rotatable bonds is 8. The van der Waals surface area contributed by atoms with Crippen LogP contribution < -0.4 is 20.7 Å². The van der Waals surface area contributed by atoms with Gasteiger partial charge in [-0.05, 0) is 54.6 Å². The lowest BCUT2D eigenvalue weighted by atomic mass is 10.1. The van der Waals surface area contributed by atoms with Crippen molar-refractivity contribution in [1.29, 1.82) is 0 Å². The van der Waals surface area contributed by atoms with Crippen LogP contribution in [0.25, 0.3) is 0 Å². The third kappa shape index (κ3) is 6.17. The number of nitrogens with one attached hydrogen (secondary N) is 3. The first-order chi connectivity index (χ1) is 15.1. The first-order valence-corrected chi connectivity index (χ1v) is 9.74. The van der Waals surface area contributed by atoms with E-state index in [0.29, 0.717) is 41.2 Å². The molecule has 31 heavy (non-hydrogen) atoms. The number of anilines is 1. The summed E-state index contributed by atoms with van der Waals surface area (Å²) >= 11 is 0. The molecule has 3 rings (SSSR count). The summed E-state index contributed by atoms with van der Waals surface area (Å²) in [7, 11) is 1.54. The van der Waals surface area contributed by atoms with Gasteiger partial charge in [0.2, 0.25) is 0 Å². The van der Waals surface area contributed by atoms with E-state index in [0.717, 1.165) is 0 Å². The van der Waals surface area contributed by atoms with Gasteiger partial charge in [0, 0.05) is 35.5 Å². The Kier molecular flexibility index (Phi) is 7.37. The number of carbonyl (C=O) groups excluding carboxylic acids is 3. The second-order valence-corrected chi connectivity index (χ2v) is 6.64. The molecule has 158 valence electrons. The topological polar surface area (TPSA) is 96.5 Å². The van der Waals surface area contributed by atoms with Gasteiger partial charge in [0.1, 0.15) is 5.75 Å². The van der Waals surface area contributed by atoms with Gasteiger partial charge in [0.25, 0.3) is 17.7 Å². The molecule has 0 atom stereocenters. The summed E-state index contributed by atoms with van der Waals surface area (Å²) in [6.07, 6.45) is 0. The summed E-state index contributed by atoms with van der Waals surface area (Å²) in [5, 5.41) is 8.28. The van der Waals surface area contributed by atoms with Crippen molar-refractivity contribution >= 4 is 23.4 Å². The van der Waals surface area contributed by atoms with Crippen molar-refractivity contribution in [3.05, 3.63) is 95.6 Å². The largest absolute Gasteiger partial charge is 0.497 e. The second kappa shape index (κ2) is 10.6. The smallest absolute Gasteiger partial charge is 0.255 e. The van der Waals surface area contributed by atoms with Gasteiger partial charge in [0.05, 0.1) is 7.11 Å². The summed E-state index contributed by atoms with van der Waals surface area (Å²) < 4.78 is 5.13. The molecule has 3 N–H and O–H groups in total. The van der Waals surface area contributed by atoms with Gasteiger partial charge in [-0.15, -0.1) is 0 Å². The summed E-state index contributed by atoms with van der Waals surface area (Å²) in [5.74, 6) is -0.129. The van der Waals surface area contributed by atoms with Crippen LogP contribution in [0.4, 0.5) is 5.69 Å². The van der Waals surface area contributed by atoms with Crippen LogP contribution in [0.5, 0.6) is 5.75 Å². The van der Waals surface area contributed by atoms with Crippen molar-refractivity contribution in [2.75, 3.05) is 25.5 Å². The first kappa shape index (κ1) is 21.6. The van der Waals surface area contributed by atoms with Gasteiger partial charge >= 0.3 is 0 Å². The lowest BCUT2D eigenvalue weighted by Crippen LogP contribution is -2.34. The number of benzene rings is 3. The van der Waals surface area contributed by atoms with Crippen molar-refractivity contribution in [3.63, 3.8) is 0 Å². The zero-order valence-corrected chi connectivity index (χ0v) is 17.1. The van der Waals surface area contributed by atoms with Crippen molar-refractivity contribution < 1.29 is 19.1 Å². The van der Waals surface area contributed by atoms with Gasteiger partial charge in [-0.25, -0.2) is 0 Å². The fraction of sp³-hybridized carbons (Fsp3) is 0.125. The Hall–Kier alpha value is -4.13. The summed E-state index contributed by atoms with van der Waals surface area (Å²) in [6.45, 7) is 0.611. The SMILES string of the molecule is COc1cccc(C(=O)Nc2ccc(C(=O)NCCNC(=O)c3ccccc3)cc2)c1. The molecule has 0 saturated heterocycles. The van der Waals surface area contributed by atoms with Crippen LogP contribution >= 0.6 is 0 Å². The maximum absolute atomic E-state index is 12.4. The number of ether oxygens (including phenoxy) is 1. The van der Waals surface area contributed by atoms with Crippen LogP contribution in [0.15, 0.2) is 78.9 Å². The minimum Gasteiger partial charge on any atom is -0.497 e. The molecule has 0 heterocycles. The van der Waals surface area contributed by atoms with Crippen LogP contribution in [0.3, 0.4) is 0 Å². The van der Waals surface area contributed by atoms with Crippen LogP contribution in [-0.2, 0) is 0 Å². The molecular formula is C24H23N3O4. The van der Waals surface area contributed by atoms with Gasteiger partial charge in [-0.2, -0.15) is 0 Å². The predicted molar refractivity (Wildman–Crippen MR) is 118 cm³/mol. The van der Waals surface area contributed by atoms with E-state index in [1.807, 2.05) is 6.07 Å². The van der Waals surface area contributed by atoms with E-state index in [4.69, 9.17) is 4.74 Å². The second-order valence-electron chi connectivity index (χ2n) is 6.64. The van der Waals surface area contributed by atoms with E-state index in [9.17, 15) is 14.4 Å². The molecule has 0 bridgehead atoms. The highest BCUT2D eigenvalue weighted by molar-refractivity contribution is 6.04. The fourth-order valence-corrected chi connectivity index (χ4v) is 2.82. The van der Waals surface area contributed by atoms with Crippen LogP contribution in [0.2, 0.25) is 0 Å². The average Bonchev–Trinajstić information content (AvgIpc) is 2.82. The van der Waals surface area contributed by atoms with Gasteiger partial charge in [-0.3, -0.25) is 14.4 Å². The molecule has 0 spiro atoms. The lowest BCUT2D eigenvalue weighted by Gasteiger charge is -2.09. The van der Waals surface area contributed by atoms with Crippen molar-refractivity contribution in [2.24, 2.45) is 0 Å². The minimum absolute atomic E-state index is 0.189. The Morgan fingerprint density at radius 2 is 1.26 bits per heavy atom. The predicted octanol–water partition coefficient (Wildman–Crippen LogP) is 3.11. The van der Waals surface area contributed by atoms with E-state index in [1.54, 1.807) is 72.8 Å². The van der Waals surface area contributed by atoms with Gasteiger partial charge in [0.15, 0.2) is 0 Å². The van der Waals surface area contributed by atoms with Gasteiger partial charge < -0.3 is 20.7 Å². The summed E-state index contributed by atoms with van der Waals surface area (Å²) in [6, 6.07) is 22.3. The van der Waals surface area contributed by atoms with Crippen molar-refractivity contribution in [2.45, 2.75) is 0 Å². The molecule has 7 heteroatoms. The van der Waals surface area contributed by atoms with E-state index >= 15 is 0 Å². The van der Waals surface area contributed by atoms with E-state index in [-0.39, 0.29) is 17.7 Å². The highest BCUT2D eigenvalue weighted by Crippen LogP contribution is 2.15. The number of methoxy groups -OCH3 is 1. The monoisotopic (exact) mass is 417 g/mol. The highest BCUT2D eigenvalue weighted by Gasteiger charge is 2.09. The van der Waals surface area contributed by atoms with Crippen molar-refractivity contribution in [1.82, 2.24) is 10.6 Å². The molecule has 0 aliphatic heterocycles. The van der Waals surface area contributed by atoms with Gasteiger partial charge in [-0.1, -0.05) is 24.3 Å². The zero-order chi connectivity index (χ0) is 22.1. The molecule has 0 saturated carbocycles. The number of hydrogen-bond donors (Lipinski definition) is 3. The molecule has 3 amide bonds. The molecule has 0 radical (unpaired) electrons. The molecule has 7 nitrogen and oxygen atoms in total. The molecule has 3 aromatic rings.